The average Bonchev–Trinajstić information content (AvgIpc) is 2.41. The number of nitro groups is 1. The first-order valence-electron chi connectivity index (χ1n) is 5.68. The molecule has 0 spiro atoms. The summed E-state index contributed by atoms with van der Waals surface area (Å²) in [4.78, 5) is 14.3. The average molecular weight is 259 g/mol. The van der Waals surface area contributed by atoms with Gasteiger partial charge in [0.25, 0.3) is 5.69 Å². The number of hydrogen-bond donors (Lipinski definition) is 1. The van der Waals surface area contributed by atoms with Crippen LogP contribution in [0.5, 0.6) is 11.5 Å². The predicted molar refractivity (Wildman–Crippen MR) is 70.0 cm³/mol. The van der Waals surface area contributed by atoms with Crippen molar-refractivity contribution in [3.8, 4) is 11.5 Å². The van der Waals surface area contributed by atoms with Crippen molar-refractivity contribution in [2.24, 2.45) is 5.73 Å². The van der Waals surface area contributed by atoms with E-state index in [2.05, 4.69) is 4.98 Å². The lowest BCUT2D eigenvalue weighted by Crippen LogP contribution is -1.99. The van der Waals surface area contributed by atoms with Crippen molar-refractivity contribution in [1.29, 1.82) is 0 Å². The van der Waals surface area contributed by atoms with E-state index in [-0.39, 0.29) is 5.69 Å². The van der Waals surface area contributed by atoms with E-state index in [1.807, 2.05) is 0 Å². The molecule has 0 atom stereocenters. The summed E-state index contributed by atoms with van der Waals surface area (Å²) in [7, 11) is 0. The molecule has 0 bridgehead atoms. The van der Waals surface area contributed by atoms with Crippen molar-refractivity contribution in [2.75, 3.05) is 0 Å². The molecule has 2 rings (SSSR count). The van der Waals surface area contributed by atoms with Crippen LogP contribution in [0.25, 0.3) is 0 Å². The number of ether oxygens (including phenoxy) is 1. The molecule has 0 fully saturated rings. The largest absolute Gasteiger partial charge is 0.457 e. The third kappa shape index (κ3) is 3.05. The molecule has 1 aromatic carbocycles. The minimum Gasteiger partial charge on any atom is -0.457 e. The molecule has 1 aromatic heterocycles. The minimum absolute atomic E-state index is 0.0437. The van der Waals surface area contributed by atoms with Crippen LogP contribution >= 0.6 is 0 Å². The molecule has 6 nitrogen and oxygen atoms in total. The Kier molecular flexibility index (Phi) is 3.72. The number of pyridine rings is 1. The number of rotatable bonds is 4. The van der Waals surface area contributed by atoms with Crippen molar-refractivity contribution in [2.45, 2.75) is 13.5 Å². The van der Waals surface area contributed by atoms with Gasteiger partial charge >= 0.3 is 0 Å². The van der Waals surface area contributed by atoms with Crippen LogP contribution in [0.3, 0.4) is 0 Å². The maximum atomic E-state index is 10.6. The molecule has 0 saturated heterocycles. The van der Waals surface area contributed by atoms with Crippen molar-refractivity contribution in [3.63, 3.8) is 0 Å². The Balaban J connectivity index is 2.25. The van der Waals surface area contributed by atoms with Crippen molar-refractivity contribution >= 4 is 5.69 Å². The highest BCUT2D eigenvalue weighted by molar-refractivity contribution is 5.44. The number of nitrogens with two attached hydrogens (primary N) is 1. The molecule has 0 radical (unpaired) electrons. The van der Waals surface area contributed by atoms with Gasteiger partial charge < -0.3 is 10.5 Å². The van der Waals surface area contributed by atoms with Crippen LogP contribution in [0.2, 0.25) is 0 Å². The zero-order valence-corrected chi connectivity index (χ0v) is 10.4. The molecule has 0 aliphatic rings. The Morgan fingerprint density at radius 3 is 2.79 bits per heavy atom. The molecule has 1 heterocycles. The van der Waals surface area contributed by atoms with E-state index in [1.165, 1.54) is 12.1 Å². The summed E-state index contributed by atoms with van der Waals surface area (Å²) < 4.78 is 5.67. The van der Waals surface area contributed by atoms with Gasteiger partial charge in [-0.2, -0.15) is 0 Å². The van der Waals surface area contributed by atoms with Crippen LogP contribution in [0.15, 0.2) is 36.5 Å². The smallest absolute Gasteiger partial charge is 0.269 e. The zero-order valence-electron chi connectivity index (χ0n) is 10.4. The number of aryl methyl sites for hydroxylation is 1. The first-order chi connectivity index (χ1) is 9.10. The van der Waals surface area contributed by atoms with Crippen molar-refractivity contribution in [3.05, 3.63) is 57.9 Å². The van der Waals surface area contributed by atoms with E-state index in [4.69, 9.17) is 10.5 Å². The lowest BCUT2D eigenvalue weighted by molar-refractivity contribution is -0.384. The Labute approximate surface area is 110 Å². The van der Waals surface area contributed by atoms with E-state index in [1.54, 1.807) is 31.3 Å². The number of benzene rings is 1. The molecule has 0 saturated carbocycles. The van der Waals surface area contributed by atoms with E-state index in [9.17, 15) is 10.1 Å². The summed E-state index contributed by atoms with van der Waals surface area (Å²) >= 11 is 0. The highest BCUT2D eigenvalue weighted by atomic mass is 16.6. The first kappa shape index (κ1) is 13.0. The summed E-state index contributed by atoms with van der Waals surface area (Å²) in [6.45, 7) is 2.09. The number of nitrogens with zero attached hydrogens (tertiary/aromatic N) is 2. The summed E-state index contributed by atoms with van der Waals surface area (Å²) in [6, 6.07) is 7.91. The van der Waals surface area contributed by atoms with Gasteiger partial charge in [-0.3, -0.25) is 15.1 Å². The summed E-state index contributed by atoms with van der Waals surface area (Å²) in [5, 5.41) is 10.6. The van der Waals surface area contributed by atoms with E-state index in [0.29, 0.717) is 23.6 Å². The molecular weight excluding hydrogens is 246 g/mol. The Morgan fingerprint density at radius 1 is 1.37 bits per heavy atom. The third-order valence-electron chi connectivity index (χ3n) is 2.59. The summed E-state index contributed by atoms with van der Waals surface area (Å²) in [6.07, 6.45) is 1.61. The van der Waals surface area contributed by atoms with Gasteiger partial charge in [0.2, 0.25) is 0 Å². The Bertz CT molecular complexity index is 614. The van der Waals surface area contributed by atoms with Crippen LogP contribution < -0.4 is 10.5 Å². The fourth-order valence-electron chi connectivity index (χ4n) is 1.62. The second-order valence-electron chi connectivity index (χ2n) is 4.00. The molecule has 0 aliphatic carbocycles. The van der Waals surface area contributed by atoms with Crippen LogP contribution in [-0.4, -0.2) is 9.91 Å². The third-order valence-corrected chi connectivity index (χ3v) is 2.59. The number of hydrogen-bond acceptors (Lipinski definition) is 5. The molecule has 0 amide bonds. The van der Waals surface area contributed by atoms with Crippen molar-refractivity contribution in [1.82, 2.24) is 4.98 Å². The van der Waals surface area contributed by atoms with Crippen LogP contribution in [-0.2, 0) is 6.54 Å². The minimum atomic E-state index is -0.435. The van der Waals surface area contributed by atoms with Gasteiger partial charge in [0.15, 0.2) is 0 Å². The van der Waals surface area contributed by atoms with E-state index < -0.39 is 4.92 Å². The monoisotopic (exact) mass is 259 g/mol. The van der Waals surface area contributed by atoms with Gasteiger partial charge in [-0.25, -0.2) is 0 Å². The molecule has 0 unspecified atom stereocenters. The van der Waals surface area contributed by atoms with Crippen molar-refractivity contribution < 1.29 is 9.66 Å². The van der Waals surface area contributed by atoms with Gasteiger partial charge in [0.1, 0.15) is 11.5 Å². The Hall–Kier alpha value is -2.47. The number of nitro benzene ring substituents is 1. The Morgan fingerprint density at radius 2 is 2.16 bits per heavy atom. The highest BCUT2D eigenvalue weighted by Gasteiger charge is 2.09. The first-order valence-corrected chi connectivity index (χ1v) is 5.68. The molecule has 2 N–H and O–H groups in total. The second-order valence-corrected chi connectivity index (χ2v) is 4.00. The predicted octanol–water partition coefficient (Wildman–Crippen LogP) is 2.55. The van der Waals surface area contributed by atoms with Gasteiger partial charge in [-0.1, -0.05) is 0 Å². The lowest BCUT2D eigenvalue weighted by atomic mass is 10.2. The van der Waals surface area contributed by atoms with Gasteiger partial charge in [0, 0.05) is 30.9 Å². The zero-order chi connectivity index (χ0) is 13.8. The summed E-state index contributed by atoms with van der Waals surface area (Å²) in [5.41, 5.74) is 6.96. The summed E-state index contributed by atoms with van der Waals surface area (Å²) in [5.74, 6) is 1.17. The molecule has 2 aromatic rings. The maximum Gasteiger partial charge on any atom is 0.269 e. The van der Waals surface area contributed by atoms with Gasteiger partial charge in [-0.15, -0.1) is 0 Å². The van der Waals surface area contributed by atoms with Gasteiger partial charge in [-0.05, 0) is 24.6 Å². The molecule has 19 heavy (non-hydrogen) atoms. The maximum absolute atomic E-state index is 10.6. The fourth-order valence-corrected chi connectivity index (χ4v) is 1.62. The molecular formula is C13H13N3O3. The highest BCUT2D eigenvalue weighted by Crippen LogP contribution is 2.28. The van der Waals surface area contributed by atoms with Crippen LogP contribution in [0, 0.1) is 17.0 Å². The normalized spacial score (nSPS) is 10.2. The van der Waals surface area contributed by atoms with Crippen LogP contribution in [0.1, 0.15) is 11.3 Å². The molecule has 6 heteroatoms. The van der Waals surface area contributed by atoms with E-state index in [0.717, 1.165) is 5.69 Å². The SMILES string of the molecule is Cc1cc([N+](=O)[O-])ccc1Oc1ccnc(CN)c1. The van der Waals surface area contributed by atoms with Gasteiger partial charge in [0.05, 0.1) is 10.6 Å². The standard InChI is InChI=1S/C13H13N3O3/c1-9-6-11(16(17)18)2-3-13(9)19-12-4-5-15-10(7-12)8-14/h2-7H,8,14H2,1H3. The van der Waals surface area contributed by atoms with Crippen LogP contribution in [0.4, 0.5) is 5.69 Å². The topological polar surface area (TPSA) is 91.3 Å². The van der Waals surface area contributed by atoms with E-state index >= 15 is 0 Å². The second kappa shape index (κ2) is 5.45. The lowest BCUT2D eigenvalue weighted by Gasteiger charge is -2.09. The molecule has 0 aliphatic heterocycles. The number of non-ortho nitro benzene ring substituents is 1. The quantitative estimate of drug-likeness (QED) is 0.673. The number of aromatic nitrogens is 1. The molecule has 98 valence electrons. The fraction of sp³-hybridized carbons (Fsp3) is 0.154.